The molecular formula is C24H25N5O3. The van der Waals surface area contributed by atoms with E-state index in [1.165, 1.54) is 5.56 Å². The number of aromatic nitrogens is 4. The number of carbonyl (C=O) groups is 1. The van der Waals surface area contributed by atoms with E-state index in [9.17, 15) is 4.79 Å². The Labute approximate surface area is 186 Å². The lowest BCUT2D eigenvalue weighted by Gasteiger charge is -2.10. The van der Waals surface area contributed by atoms with Crippen LogP contribution in [0, 0.1) is 27.7 Å². The summed E-state index contributed by atoms with van der Waals surface area (Å²) in [6.07, 6.45) is 1.58. The molecule has 0 saturated carbocycles. The molecule has 0 radical (unpaired) electrons. The van der Waals surface area contributed by atoms with Crippen molar-refractivity contribution in [3.05, 3.63) is 88.1 Å². The highest BCUT2D eigenvalue weighted by Crippen LogP contribution is 2.23. The van der Waals surface area contributed by atoms with Gasteiger partial charge in [0.05, 0.1) is 12.1 Å². The molecule has 0 aliphatic carbocycles. The maximum Gasteiger partial charge on any atom is 0.280 e. The zero-order valence-corrected chi connectivity index (χ0v) is 18.5. The van der Waals surface area contributed by atoms with Crippen LogP contribution >= 0.6 is 0 Å². The van der Waals surface area contributed by atoms with E-state index in [1.807, 2.05) is 63.2 Å². The van der Waals surface area contributed by atoms with E-state index in [0.717, 1.165) is 22.4 Å². The molecule has 0 fully saturated rings. The maximum absolute atomic E-state index is 12.8. The first-order valence-electron chi connectivity index (χ1n) is 10.3. The van der Waals surface area contributed by atoms with Crippen LogP contribution in [0.25, 0.3) is 0 Å². The Balaban J connectivity index is 1.43. The summed E-state index contributed by atoms with van der Waals surface area (Å²) in [5.74, 6) is 1.03. The predicted octanol–water partition coefficient (Wildman–Crippen LogP) is 4.38. The second-order valence-electron chi connectivity index (χ2n) is 7.76. The lowest BCUT2D eigenvalue weighted by molar-refractivity contribution is 0.101. The monoisotopic (exact) mass is 431 g/mol. The molecule has 4 aromatic rings. The van der Waals surface area contributed by atoms with Crippen LogP contribution in [-0.2, 0) is 13.2 Å². The molecule has 164 valence electrons. The van der Waals surface area contributed by atoms with E-state index in [0.29, 0.717) is 17.9 Å². The van der Waals surface area contributed by atoms with Gasteiger partial charge in [0, 0.05) is 0 Å². The number of rotatable bonds is 7. The summed E-state index contributed by atoms with van der Waals surface area (Å²) in [6.45, 7) is 8.53. The minimum atomic E-state index is -0.450. The molecule has 0 atom stereocenters. The lowest BCUT2D eigenvalue weighted by Crippen LogP contribution is -2.16. The number of benzene rings is 2. The highest BCUT2D eigenvalue weighted by molar-refractivity contribution is 6.02. The fraction of sp³-hybridized carbons (Fsp3) is 0.250. The summed E-state index contributed by atoms with van der Waals surface area (Å²) in [4.78, 5) is 17.0. The van der Waals surface area contributed by atoms with Crippen LogP contribution < -0.4 is 10.1 Å². The Morgan fingerprint density at radius 3 is 2.66 bits per heavy atom. The summed E-state index contributed by atoms with van der Waals surface area (Å²) in [6, 6.07) is 14.0. The van der Waals surface area contributed by atoms with Crippen molar-refractivity contribution in [2.24, 2.45) is 0 Å². The van der Waals surface area contributed by atoms with Gasteiger partial charge >= 0.3 is 0 Å². The van der Waals surface area contributed by atoms with E-state index < -0.39 is 5.91 Å². The highest BCUT2D eigenvalue weighted by Gasteiger charge is 2.22. The first kappa shape index (κ1) is 21.3. The molecule has 0 saturated heterocycles. The minimum absolute atomic E-state index is 0.155. The van der Waals surface area contributed by atoms with Crippen molar-refractivity contribution in [1.29, 1.82) is 0 Å². The van der Waals surface area contributed by atoms with Gasteiger partial charge in [0.1, 0.15) is 24.4 Å². The first-order chi connectivity index (χ1) is 15.4. The maximum atomic E-state index is 12.8. The zero-order valence-electron chi connectivity index (χ0n) is 18.5. The van der Waals surface area contributed by atoms with E-state index in [4.69, 9.17) is 9.26 Å². The zero-order chi connectivity index (χ0) is 22.7. The summed E-state index contributed by atoms with van der Waals surface area (Å²) < 4.78 is 12.9. The number of ether oxygens (including phenoxy) is 1. The third kappa shape index (κ3) is 4.69. The van der Waals surface area contributed by atoms with Crippen LogP contribution in [0.15, 0.2) is 53.3 Å². The second-order valence-corrected chi connectivity index (χ2v) is 7.76. The molecule has 8 heteroatoms. The molecule has 0 aliphatic rings. The summed E-state index contributed by atoms with van der Waals surface area (Å²) >= 11 is 0. The average molecular weight is 431 g/mol. The quantitative estimate of drug-likeness (QED) is 0.467. The first-order valence-corrected chi connectivity index (χ1v) is 10.3. The van der Waals surface area contributed by atoms with Gasteiger partial charge < -0.3 is 9.26 Å². The number of hydrogen-bond acceptors (Lipinski definition) is 6. The van der Waals surface area contributed by atoms with E-state index in [-0.39, 0.29) is 18.2 Å². The molecule has 32 heavy (non-hydrogen) atoms. The van der Waals surface area contributed by atoms with Gasteiger partial charge in [0.15, 0.2) is 5.69 Å². The van der Waals surface area contributed by atoms with Crippen LogP contribution in [-0.4, -0.2) is 25.8 Å². The van der Waals surface area contributed by atoms with Crippen LogP contribution in [0.2, 0.25) is 0 Å². The third-order valence-corrected chi connectivity index (χ3v) is 5.35. The summed E-state index contributed by atoms with van der Waals surface area (Å²) in [7, 11) is 0. The Morgan fingerprint density at radius 1 is 1.09 bits per heavy atom. The smallest absolute Gasteiger partial charge is 0.280 e. The normalized spacial score (nSPS) is 10.9. The van der Waals surface area contributed by atoms with Crippen molar-refractivity contribution in [2.75, 3.05) is 5.32 Å². The molecule has 0 spiro atoms. The number of hydrogen-bond donors (Lipinski definition) is 1. The van der Waals surface area contributed by atoms with Crippen molar-refractivity contribution in [1.82, 2.24) is 19.9 Å². The highest BCUT2D eigenvalue weighted by atomic mass is 16.5. The van der Waals surface area contributed by atoms with Gasteiger partial charge in [-0.2, -0.15) is 0 Å². The molecule has 0 bridgehead atoms. The van der Waals surface area contributed by atoms with E-state index in [1.54, 1.807) is 17.9 Å². The predicted molar refractivity (Wildman–Crippen MR) is 120 cm³/mol. The van der Waals surface area contributed by atoms with Crippen molar-refractivity contribution in [2.45, 2.75) is 40.8 Å². The average Bonchev–Trinajstić information content (AvgIpc) is 3.37. The van der Waals surface area contributed by atoms with Crippen LogP contribution in [0.4, 0.5) is 5.95 Å². The number of carbonyl (C=O) groups excluding carboxylic acids is 1. The minimum Gasteiger partial charge on any atom is -0.488 e. The third-order valence-electron chi connectivity index (χ3n) is 5.35. The second kappa shape index (κ2) is 9.05. The molecule has 8 nitrogen and oxygen atoms in total. The molecular weight excluding hydrogens is 406 g/mol. The Morgan fingerprint density at radius 2 is 1.88 bits per heavy atom. The summed E-state index contributed by atoms with van der Waals surface area (Å²) in [5.41, 5.74) is 5.22. The summed E-state index contributed by atoms with van der Waals surface area (Å²) in [5, 5.41) is 10.9. The lowest BCUT2D eigenvalue weighted by atomic mass is 10.1. The number of anilines is 1. The van der Waals surface area contributed by atoms with Gasteiger partial charge in [-0.1, -0.05) is 47.1 Å². The van der Waals surface area contributed by atoms with E-state index >= 15 is 0 Å². The standard InChI is InChI=1S/C24H25N5O3/c1-15-8-10-19(11-9-15)12-29-14-25-24(27-29)26-23(30)22-20(18(4)32-28-22)13-31-21-7-5-6-16(2)17(21)3/h5-11,14H,12-13H2,1-4H3,(H,26,27,30). The van der Waals surface area contributed by atoms with Crippen molar-refractivity contribution in [3.63, 3.8) is 0 Å². The van der Waals surface area contributed by atoms with Crippen LogP contribution in [0.5, 0.6) is 5.75 Å². The van der Waals surface area contributed by atoms with Gasteiger partial charge in [-0.25, -0.2) is 9.67 Å². The van der Waals surface area contributed by atoms with Crippen LogP contribution in [0.3, 0.4) is 0 Å². The fourth-order valence-corrected chi connectivity index (χ4v) is 3.24. The van der Waals surface area contributed by atoms with Crippen LogP contribution in [0.1, 0.15) is 44.1 Å². The molecule has 4 rings (SSSR count). The molecule has 0 unspecified atom stereocenters. The molecule has 1 amide bonds. The Hall–Kier alpha value is -3.94. The Bertz CT molecular complexity index is 1240. The SMILES string of the molecule is Cc1ccc(Cn2cnc(NC(=O)c3noc(C)c3COc3cccc(C)c3C)n2)cc1. The van der Waals surface area contributed by atoms with Gasteiger partial charge in [-0.15, -0.1) is 5.10 Å². The number of nitrogens with zero attached hydrogens (tertiary/aromatic N) is 4. The molecule has 0 aliphatic heterocycles. The molecule has 2 heterocycles. The number of aryl methyl sites for hydroxylation is 3. The van der Waals surface area contributed by atoms with Crippen molar-refractivity contribution in [3.8, 4) is 5.75 Å². The largest absolute Gasteiger partial charge is 0.488 e. The Kier molecular flexibility index (Phi) is 6.02. The molecule has 2 aromatic carbocycles. The van der Waals surface area contributed by atoms with Gasteiger partial charge in [0.25, 0.3) is 5.91 Å². The topological polar surface area (TPSA) is 95.1 Å². The van der Waals surface area contributed by atoms with Crippen molar-refractivity contribution < 1.29 is 14.1 Å². The van der Waals surface area contributed by atoms with Crippen molar-refractivity contribution >= 4 is 11.9 Å². The van der Waals surface area contributed by atoms with E-state index in [2.05, 4.69) is 20.6 Å². The molecule has 1 N–H and O–H groups in total. The van der Waals surface area contributed by atoms with Gasteiger partial charge in [0.2, 0.25) is 5.95 Å². The molecule has 2 aromatic heterocycles. The van der Waals surface area contributed by atoms with Gasteiger partial charge in [-0.3, -0.25) is 10.1 Å². The fourth-order valence-electron chi connectivity index (χ4n) is 3.24. The number of nitrogens with one attached hydrogen (secondary N) is 1. The van der Waals surface area contributed by atoms with Gasteiger partial charge in [-0.05, 0) is 50.5 Å². The number of amides is 1.